The van der Waals surface area contributed by atoms with Crippen LogP contribution in [0.1, 0.15) is 28.8 Å². The number of nitriles is 1. The number of methoxy groups -OCH3 is 2. The third-order valence-electron chi connectivity index (χ3n) is 5.36. The fraction of sp³-hybridized carbons (Fsp3) is 0.200. The topological polar surface area (TPSA) is 152 Å². The standard InChI is InChI=1S/C25H23N3O7/c1-4-35-18-11-10-15(12-16(18)23(29)30)28-21(25(32)34-3)20(24(31)33-2)19(17(13-26)22(28)27)14-8-6-5-7-9-14/h5-12,19H,4,27H2,1-3H3,(H,29,30). The number of rotatable bonds is 7. The molecule has 1 heterocycles. The maximum Gasteiger partial charge on any atom is 0.355 e. The summed E-state index contributed by atoms with van der Waals surface area (Å²) < 4.78 is 15.3. The number of benzene rings is 2. The highest BCUT2D eigenvalue weighted by atomic mass is 16.5. The zero-order valence-corrected chi connectivity index (χ0v) is 19.3. The van der Waals surface area contributed by atoms with E-state index in [2.05, 4.69) is 0 Å². The van der Waals surface area contributed by atoms with Crippen LogP contribution in [0.3, 0.4) is 0 Å². The predicted octanol–water partition coefficient (Wildman–Crippen LogP) is 2.68. The molecule has 0 amide bonds. The van der Waals surface area contributed by atoms with Crippen LogP contribution in [0.4, 0.5) is 5.69 Å². The highest BCUT2D eigenvalue weighted by Crippen LogP contribution is 2.43. The van der Waals surface area contributed by atoms with Gasteiger partial charge in [-0.25, -0.2) is 14.4 Å². The van der Waals surface area contributed by atoms with Crippen molar-refractivity contribution in [3.8, 4) is 11.8 Å². The molecule has 0 saturated heterocycles. The number of carboxylic acid groups (broad SMARTS) is 1. The number of hydrogen-bond donors (Lipinski definition) is 2. The molecule has 180 valence electrons. The molecular weight excluding hydrogens is 454 g/mol. The normalized spacial score (nSPS) is 15.4. The van der Waals surface area contributed by atoms with E-state index in [1.807, 2.05) is 6.07 Å². The minimum atomic E-state index is -1.28. The van der Waals surface area contributed by atoms with Gasteiger partial charge in [-0.2, -0.15) is 5.26 Å². The van der Waals surface area contributed by atoms with Gasteiger partial charge in [0.25, 0.3) is 0 Å². The van der Waals surface area contributed by atoms with E-state index in [-0.39, 0.29) is 46.3 Å². The lowest BCUT2D eigenvalue weighted by Gasteiger charge is -2.36. The predicted molar refractivity (Wildman–Crippen MR) is 124 cm³/mol. The van der Waals surface area contributed by atoms with Gasteiger partial charge < -0.3 is 25.1 Å². The highest BCUT2D eigenvalue weighted by molar-refractivity contribution is 6.06. The third kappa shape index (κ3) is 4.52. The molecule has 1 unspecified atom stereocenters. The molecule has 0 saturated carbocycles. The van der Waals surface area contributed by atoms with Crippen LogP contribution >= 0.6 is 0 Å². The van der Waals surface area contributed by atoms with Gasteiger partial charge in [0, 0.05) is 5.69 Å². The lowest BCUT2D eigenvalue weighted by molar-refractivity contribution is -0.139. The van der Waals surface area contributed by atoms with Crippen molar-refractivity contribution in [1.29, 1.82) is 5.26 Å². The van der Waals surface area contributed by atoms with Crippen LogP contribution in [0.15, 0.2) is 71.2 Å². The molecule has 0 radical (unpaired) electrons. The summed E-state index contributed by atoms with van der Waals surface area (Å²) in [6, 6.07) is 14.7. The fourth-order valence-electron chi connectivity index (χ4n) is 3.89. The first-order valence-corrected chi connectivity index (χ1v) is 10.5. The molecule has 10 heteroatoms. The monoisotopic (exact) mass is 477 g/mol. The van der Waals surface area contributed by atoms with E-state index in [9.17, 15) is 24.8 Å². The zero-order chi connectivity index (χ0) is 25.7. The Morgan fingerprint density at radius 1 is 1.09 bits per heavy atom. The number of carbonyl (C=O) groups is 3. The molecule has 0 aliphatic carbocycles. The van der Waals surface area contributed by atoms with Crippen LogP contribution < -0.4 is 15.4 Å². The maximum absolute atomic E-state index is 13.1. The Balaban J connectivity index is 2.40. The van der Waals surface area contributed by atoms with Crippen LogP contribution in [0.25, 0.3) is 0 Å². The van der Waals surface area contributed by atoms with Gasteiger partial charge in [-0.3, -0.25) is 4.90 Å². The van der Waals surface area contributed by atoms with Crippen molar-refractivity contribution in [2.24, 2.45) is 5.73 Å². The Hall–Kier alpha value is -4.78. The number of anilines is 1. The molecule has 1 aliphatic rings. The number of ether oxygens (including phenoxy) is 3. The van der Waals surface area contributed by atoms with Gasteiger partial charge in [-0.15, -0.1) is 0 Å². The van der Waals surface area contributed by atoms with Crippen molar-refractivity contribution < 1.29 is 33.7 Å². The molecule has 0 aromatic heterocycles. The van der Waals surface area contributed by atoms with E-state index in [0.717, 1.165) is 19.1 Å². The SMILES string of the molecule is CCOc1ccc(N2C(N)=C(C#N)C(c3ccccc3)C(C(=O)OC)=C2C(=O)OC)cc1C(=O)O. The maximum atomic E-state index is 13.1. The second-order valence-electron chi connectivity index (χ2n) is 7.25. The molecular formula is C25H23N3O7. The van der Waals surface area contributed by atoms with Crippen molar-refractivity contribution in [2.75, 3.05) is 25.7 Å². The van der Waals surface area contributed by atoms with Crippen LogP contribution in [0.2, 0.25) is 0 Å². The minimum absolute atomic E-state index is 0.0324. The number of aromatic carboxylic acids is 1. The summed E-state index contributed by atoms with van der Waals surface area (Å²) in [5.74, 6) is -4.20. The van der Waals surface area contributed by atoms with E-state index in [1.54, 1.807) is 37.3 Å². The molecule has 35 heavy (non-hydrogen) atoms. The van der Waals surface area contributed by atoms with E-state index in [4.69, 9.17) is 19.9 Å². The van der Waals surface area contributed by atoms with Gasteiger partial charge in [-0.05, 0) is 30.7 Å². The van der Waals surface area contributed by atoms with Crippen LogP contribution in [-0.4, -0.2) is 43.8 Å². The summed E-state index contributed by atoms with van der Waals surface area (Å²) in [4.78, 5) is 39.1. The number of hydrogen-bond acceptors (Lipinski definition) is 9. The first-order valence-electron chi connectivity index (χ1n) is 10.5. The van der Waals surface area contributed by atoms with Gasteiger partial charge in [0.1, 0.15) is 22.8 Å². The average Bonchev–Trinajstić information content (AvgIpc) is 2.87. The molecule has 1 atom stereocenters. The minimum Gasteiger partial charge on any atom is -0.493 e. The number of carbonyl (C=O) groups excluding carboxylic acids is 2. The van der Waals surface area contributed by atoms with E-state index < -0.39 is 23.8 Å². The summed E-state index contributed by atoms with van der Waals surface area (Å²) in [7, 11) is 2.27. The molecule has 0 spiro atoms. The summed E-state index contributed by atoms with van der Waals surface area (Å²) in [6.07, 6.45) is 0. The van der Waals surface area contributed by atoms with Crippen molar-refractivity contribution in [1.82, 2.24) is 0 Å². The molecule has 10 nitrogen and oxygen atoms in total. The second kappa shape index (κ2) is 10.4. The fourth-order valence-corrected chi connectivity index (χ4v) is 3.89. The highest BCUT2D eigenvalue weighted by Gasteiger charge is 2.43. The molecule has 0 fully saturated rings. The number of nitrogens with zero attached hydrogens (tertiary/aromatic N) is 2. The summed E-state index contributed by atoms with van der Waals surface area (Å²) in [6.45, 7) is 1.93. The molecule has 1 aliphatic heterocycles. The van der Waals surface area contributed by atoms with E-state index >= 15 is 0 Å². The van der Waals surface area contributed by atoms with Gasteiger partial charge in [0.15, 0.2) is 0 Å². The summed E-state index contributed by atoms with van der Waals surface area (Å²) in [5.41, 5.74) is 6.32. The Morgan fingerprint density at radius 2 is 1.74 bits per heavy atom. The van der Waals surface area contributed by atoms with Crippen LogP contribution in [-0.2, 0) is 19.1 Å². The molecule has 2 aromatic carbocycles. The quantitative estimate of drug-likeness (QED) is 0.569. The second-order valence-corrected chi connectivity index (χ2v) is 7.25. The number of carboxylic acids is 1. The van der Waals surface area contributed by atoms with Gasteiger partial charge in [-0.1, -0.05) is 30.3 Å². The zero-order valence-electron chi connectivity index (χ0n) is 19.3. The van der Waals surface area contributed by atoms with Gasteiger partial charge in [0.05, 0.1) is 44.0 Å². The van der Waals surface area contributed by atoms with Crippen molar-refractivity contribution in [3.05, 3.63) is 82.3 Å². The molecule has 0 bridgehead atoms. The van der Waals surface area contributed by atoms with Crippen molar-refractivity contribution in [2.45, 2.75) is 12.8 Å². The molecule has 3 N–H and O–H groups in total. The lowest BCUT2D eigenvalue weighted by atomic mass is 9.81. The molecule has 2 aromatic rings. The van der Waals surface area contributed by atoms with Crippen LogP contribution in [0.5, 0.6) is 5.75 Å². The number of nitrogens with two attached hydrogens (primary N) is 1. The summed E-state index contributed by atoms with van der Waals surface area (Å²) >= 11 is 0. The average molecular weight is 477 g/mol. The Labute approximate surface area is 201 Å². The van der Waals surface area contributed by atoms with E-state index in [1.165, 1.54) is 18.2 Å². The van der Waals surface area contributed by atoms with Crippen molar-refractivity contribution in [3.63, 3.8) is 0 Å². The lowest BCUT2D eigenvalue weighted by Crippen LogP contribution is -2.40. The van der Waals surface area contributed by atoms with E-state index in [0.29, 0.717) is 5.56 Å². The number of allylic oxidation sites excluding steroid dienone is 1. The Bertz CT molecular complexity index is 1280. The summed E-state index contributed by atoms with van der Waals surface area (Å²) in [5, 5.41) is 19.7. The van der Waals surface area contributed by atoms with Gasteiger partial charge >= 0.3 is 17.9 Å². The third-order valence-corrected chi connectivity index (χ3v) is 5.36. The molecule has 3 rings (SSSR count). The first-order chi connectivity index (χ1) is 16.8. The smallest absolute Gasteiger partial charge is 0.355 e. The Kier molecular flexibility index (Phi) is 7.41. The van der Waals surface area contributed by atoms with Crippen molar-refractivity contribution >= 4 is 23.6 Å². The number of esters is 2. The largest absolute Gasteiger partial charge is 0.493 e. The Morgan fingerprint density at radius 3 is 2.29 bits per heavy atom. The van der Waals surface area contributed by atoms with Crippen LogP contribution in [0, 0.1) is 11.3 Å². The first kappa shape index (κ1) is 24.9. The van der Waals surface area contributed by atoms with Gasteiger partial charge in [0.2, 0.25) is 0 Å².